The van der Waals surface area contributed by atoms with Crippen molar-refractivity contribution in [1.82, 2.24) is 5.32 Å². The van der Waals surface area contributed by atoms with Gasteiger partial charge >= 0.3 is 0 Å². The van der Waals surface area contributed by atoms with Crippen LogP contribution in [0.3, 0.4) is 0 Å². The van der Waals surface area contributed by atoms with Crippen LogP contribution in [0.1, 0.15) is 16.8 Å². The molecule has 1 heterocycles. The van der Waals surface area contributed by atoms with Gasteiger partial charge in [-0.05, 0) is 12.1 Å². The molecule has 1 atom stereocenters. The third kappa shape index (κ3) is 3.64. The van der Waals surface area contributed by atoms with Crippen molar-refractivity contribution in [3.63, 3.8) is 0 Å². The van der Waals surface area contributed by atoms with Crippen LogP contribution in [0, 0.1) is 0 Å². The van der Waals surface area contributed by atoms with Gasteiger partial charge < -0.3 is 14.8 Å². The van der Waals surface area contributed by atoms with Crippen LogP contribution in [-0.4, -0.2) is 44.1 Å². The molecular weight excluding hydrogens is 262 g/mol. The number of ether oxygens (including phenoxy) is 2. The molecule has 0 bridgehead atoms. The van der Waals surface area contributed by atoms with E-state index in [9.17, 15) is 4.79 Å². The molecule has 0 spiro atoms. The molecule has 4 nitrogen and oxygen atoms in total. The Morgan fingerprint density at radius 1 is 1.42 bits per heavy atom. The second-order valence-electron chi connectivity index (χ2n) is 4.42. The number of methoxy groups -OCH3 is 2. The molecular formula is C14H19NO3S. The van der Waals surface area contributed by atoms with Crippen LogP contribution in [0.15, 0.2) is 18.2 Å². The molecule has 0 aromatic heterocycles. The summed E-state index contributed by atoms with van der Waals surface area (Å²) in [7, 11) is 3.17. The van der Waals surface area contributed by atoms with Gasteiger partial charge in [-0.25, -0.2) is 0 Å². The van der Waals surface area contributed by atoms with E-state index < -0.39 is 0 Å². The van der Waals surface area contributed by atoms with Crippen LogP contribution in [-0.2, 0) is 0 Å². The Morgan fingerprint density at radius 2 is 2.26 bits per heavy atom. The Balaban J connectivity index is 2.09. The first-order valence-electron chi connectivity index (χ1n) is 6.31. The standard InChI is InChI=1S/C14H19NO3S/c1-17-11-3-4-12(14(8-11)18-2)13(16)7-10-9-19-6-5-15-10/h3-4,8,10,15H,5-7,9H2,1-2H3. The summed E-state index contributed by atoms with van der Waals surface area (Å²) < 4.78 is 10.4. The number of nitrogens with one attached hydrogen (secondary N) is 1. The molecule has 1 aliphatic rings. The highest BCUT2D eigenvalue weighted by Crippen LogP contribution is 2.26. The van der Waals surface area contributed by atoms with E-state index in [1.54, 1.807) is 32.4 Å². The van der Waals surface area contributed by atoms with Gasteiger partial charge in [-0.1, -0.05) is 0 Å². The average molecular weight is 281 g/mol. The van der Waals surface area contributed by atoms with Crippen molar-refractivity contribution in [1.29, 1.82) is 0 Å². The Bertz CT molecular complexity index is 444. The number of carbonyl (C=O) groups excluding carboxylic acids is 1. The highest BCUT2D eigenvalue weighted by molar-refractivity contribution is 7.99. The highest BCUT2D eigenvalue weighted by Gasteiger charge is 2.20. The summed E-state index contributed by atoms with van der Waals surface area (Å²) in [6.45, 7) is 0.975. The summed E-state index contributed by atoms with van der Waals surface area (Å²) >= 11 is 1.89. The van der Waals surface area contributed by atoms with Gasteiger partial charge in [0.15, 0.2) is 5.78 Å². The van der Waals surface area contributed by atoms with E-state index in [1.807, 2.05) is 11.8 Å². The number of Topliss-reactive ketones (excluding diaryl/α,β-unsaturated/α-hetero) is 1. The molecule has 1 unspecified atom stereocenters. The highest BCUT2D eigenvalue weighted by atomic mass is 32.2. The molecule has 5 heteroatoms. The largest absolute Gasteiger partial charge is 0.497 e. The van der Waals surface area contributed by atoms with Gasteiger partial charge in [-0.3, -0.25) is 4.79 Å². The zero-order valence-corrected chi connectivity index (χ0v) is 12.1. The molecule has 1 fully saturated rings. The van der Waals surface area contributed by atoms with E-state index in [0.717, 1.165) is 18.1 Å². The zero-order valence-electron chi connectivity index (χ0n) is 11.3. The smallest absolute Gasteiger partial charge is 0.168 e. The summed E-state index contributed by atoms with van der Waals surface area (Å²) in [5.41, 5.74) is 0.626. The lowest BCUT2D eigenvalue weighted by Gasteiger charge is -2.22. The van der Waals surface area contributed by atoms with Crippen LogP contribution >= 0.6 is 11.8 Å². The summed E-state index contributed by atoms with van der Waals surface area (Å²) in [6, 6.07) is 5.57. The predicted molar refractivity (Wildman–Crippen MR) is 77.6 cm³/mol. The quantitative estimate of drug-likeness (QED) is 0.836. The molecule has 1 aliphatic heterocycles. The fraction of sp³-hybridized carbons (Fsp3) is 0.500. The summed E-state index contributed by atoms with van der Waals surface area (Å²) in [4.78, 5) is 12.3. The van der Waals surface area contributed by atoms with Crippen molar-refractivity contribution < 1.29 is 14.3 Å². The van der Waals surface area contributed by atoms with E-state index in [2.05, 4.69) is 5.32 Å². The van der Waals surface area contributed by atoms with Crippen molar-refractivity contribution >= 4 is 17.5 Å². The Kier molecular flexibility index (Phi) is 5.10. The second kappa shape index (κ2) is 6.82. The van der Waals surface area contributed by atoms with Gasteiger partial charge in [0.25, 0.3) is 0 Å². The molecule has 104 valence electrons. The fourth-order valence-electron chi connectivity index (χ4n) is 2.11. The first kappa shape index (κ1) is 14.2. The van der Waals surface area contributed by atoms with Crippen molar-refractivity contribution in [3.05, 3.63) is 23.8 Å². The Morgan fingerprint density at radius 3 is 2.89 bits per heavy atom. The molecule has 0 radical (unpaired) electrons. The maximum atomic E-state index is 12.3. The van der Waals surface area contributed by atoms with Crippen molar-refractivity contribution in [2.45, 2.75) is 12.5 Å². The minimum atomic E-state index is 0.111. The lowest BCUT2D eigenvalue weighted by Crippen LogP contribution is -2.38. The molecule has 0 aliphatic carbocycles. The lowest BCUT2D eigenvalue weighted by atomic mass is 10.0. The SMILES string of the molecule is COc1ccc(C(=O)CC2CSCCN2)c(OC)c1. The molecule has 0 saturated carbocycles. The van der Waals surface area contributed by atoms with Gasteiger partial charge in [0.2, 0.25) is 0 Å². The van der Waals surface area contributed by atoms with Crippen molar-refractivity contribution in [2.75, 3.05) is 32.3 Å². The third-order valence-electron chi connectivity index (χ3n) is 3.14. The van der Waals surface area contributed by atoms with Gasteiger partial charge in [-0.15, -0.1) is 0 Å². The van der Waals surface area contributed by atoms with E-state index in [4.69, 9.17) is 9.47 Å². The normalized spacial score (nSPS) is 18.9. The number of thioether (sulfide) groups is 1. The number of rotatable bonds is 5. The predicted octanol–water partition coefficient (Wildman–Crippen LogP) is 1.98. The maximum Gasteiger partial charge on any atom is 0.168 e. The van der Waals surface area contributed by atoms with E-state index >= 15 is 0 Å². The zero-order chi connectivity index (χ0) is 13.7. The van der Waals surface area contributed by atoms with Gasteiger partial charge in [0.1, 0.15) is 11.5 Å². The van der Waals surface area contributed by atoms with Crippen LogP contribution < -0.4 is 14.8 Å². The van der Waals surface area contributed by atoms with Gasteiger partial charge in [0, 0.05) is 36.6 Å². The molecule has 0 amide bonds. The van der Waals surface area contributed by atoms with Gasteiger partial charge in [0.05, 0.1) is 19.8 Å². The first-order valence-corrected chi connectivity index (χ1v) is 7.46. The molecule has 1 saturated heterocycles. The van der Waals surface area contributed by atoms with Crippen molar-refractivity contribution in [2.24, 2.45) is 0 Å². The summed E-state index contributed by atoms with van der Waals surface area (Å²) in [5.74, 6) is 3.49. The van der Waals surface area contributed by atoms with Crippen molar-refractivity contribution in [3.8, 4) is 11.5 Å². The van der Waals surface area contributed by atoms with Crippen LogP contribution in [0.25, 0.3) is 0 Å². The first-order chi connectivity index (χ1) is 9.24. The minimum absolute atomic E-state index is 0.111. The summed E-state index contributed by atoms with van der Waals surface area (Å²) in [5, 5.41) is 3.37. The van der Waals surface area contributed by atoms with Crippen LogP contribution in [0.2, 0.25) is 0 Å². The number of hydrogen-bond donors (Lipinski definition) is 1. The number of carbonyl (C=O) groups is 1. The van der Waals surface area contributed by atoms with E-state index in [1.165, 1.54) is 0 Å². The molecule has 19 heavy (non-hydrogen) atoms. The number of ketones is 1. The Labute approximate surface area is 117 Å². The third-order valence-corrected chi connectivity index (χ3v) is 4.27. The monoisotopic (exact) mass is 281 g/mol. The van der Waals surface area contributed by atoms with E-state index in [0.29, 0.717) is 23.5 Å². The minimum Gasteiger partial charge on any atom is -0.497 e. The molecule has 1 aromatic rings. The lowest BCUT2D eigenvalue weighted by molar-refractivity contribution is 0.0969. The summed E-state index contributed by atoms with van der Waals surface area (Å²) in [6.07, 6.45) is 0.510. The maximum absolute atomic E-state index is 12.3. The van der Waals surface area contributed by atoms with Crippen LogP contribution in [0.5, 0.6) is 11.5 Å². The fourth-order valence-corrected chi connectivity index (χ4v) is 3.06. The molecule has 1 N–H and O–H groups in total. The van der Waals surface area contributed by atoms with E-state index in [-0.39, 0.29) is 11.8 Å². The molecule has 2 rings (SSSR count). The van der Waals surface area contributed by atoms with Gasteiger partial charge in [-0.2, -0.15) is 11.8 Å². The molecule has 1 aromatic carbocycles. The van der Waals surface area contributed by atoms with Crippen LogP contribution in [0.4, 0.5) is 0 Å². The Hall–Kier alpha value is -1.20. The number of benzene rings is 1. The average Bonchev–Trinajstić information content (AvgIpc) is 2.47. The number of hydrogen-bond acceptors (Lipinski definition) is 5. The topological polar surface area (TPSA) is 47.6 Å². The second-order valence-corrected chi connectivity index (χ2v) is 5.57.